The fourth-order valence-corrected chi connectivity index (χ4v) is 12.3. The Hall–Kier alpha value is -2.18. The molecular formula is C81H153NO5. The molecule has 0 aromatic heterocycles. The van der Waals surface area contributed by atoms with Crippen molar-refractivity contribution < 1.29 is 24.5 Å². The first-order valence-corrected chi connectivity index (χ1v) is 39.4. The van der Waals surface area contributed by atoms with Gasteiger partial charge in [-0.1, -0.05) is 377 Å². The lowest BCUT2D eigenvalue weighted by atomic mass is 10.0. The van der Waals surface area contributed by atoms with E-state index in [0.29, 0.717) is 19.4 Å². The summed E-state index contributed by atoms with van der Waals surface area (Å²) in [5, 5.41) is 23.3. The Morgan fingerprint density at radius 1 is 0.322 bits per heavy atom. The van der Waals surface area contributed by atoms with Crippen molar-refractivity contribution >= 4 is 11.9 Å². The number of hydrogen-bond acceptors (Lipinski definition) is 5. The van der Waals surface area contributed by atoms with Gasteiger partial charge in [-0.2, -0.15) is 0 Å². The monoisotopic (exact) mass is 1220 g/mol. The minimum atomic E-state index is -0.848. The Morgan fingerprint density at radius 3 is 0.885 bits per heavy atom. The van der Waals surface area contributed by atoms with Gasteiger partial charge in [0.1, 0.15) is 0 Å². The van der Waals surface area contributed by atoms with Crippen LogP contribution in [0.1, 0.15) is 431 Å². The fraction of sp³-hybridized carbons (Fsp3) is 0.877. The van der Waals surface area contributed by atoms with Gasteiger partial charge in [0, 0.05) is 12.8 Å². The van der Waals surface area contributed by atoms with Crippen LogP contribution >= 0.6 is 0 Å². The number of carbonyl (C=O) groups is 2. The van der Waals surface area contributed by atoms with Crippen molar-refractivity contribution in [1.29, 1.82) is 0 Å². The van der Waals surface area contributed by atoms with Gasteiger partial charge in [-0.15, -0.1) is 0 Å². The topological polar surface area (TPSA) is 95.9 Å². The van der Waals surface area contributed by atoms with Crippen LogP contribution in [0.5, 0.6) is 0 Å². The maximum Gasteiger partial charge on any atom is 0.305 e. The maximum absolute atomic E-state index is 12.6. The van der Waals surface area contributed by atoms with E-state index in [1.54, 1.807) is 6.08 Å². The SMILES string of the molecule is CCCCCCCCC/C=C\CCCCCCCC(=O)OCCCCCCCCCCC/C=C\C/C=C\CCCCCCCCCCCCCCCC(=O)NC(CO)C(O)/C=C/CCCCCCCCCCCCCCCCCCCCCCCCC. The summed E-state index contributed by atoms with van der Waals surface area (Å²) in [6.07, 6.45) is 101. The summed E-state index contributed by atoms with van der Waals surface area (Å²) in [6, 6.07) is -0.631. The molecular weight excluding hydrogens is 1070 g/mol. The zero-order valence-electron chi connectivity index (χ0n) is 58.8. The second-order valence-electron chi connectivity index (χ2n) is 27.0. The van der Waals surface area contributed by atoms with Gasteiger partial charge in [-0.25, -0.2) is 0 Å². The number of aliphatic hydroxyl groups is 2. The molecule has 6 heteroatoms. The summed E-state index contributed by atoms with van der Waals surface area (Å²) in [6.45, 7) is 4.94. The minimum absolute atomic E-state index is 0.00484. The van der Waals surface area contributed by atoms with Gasteiger partial charge in [0.05, 0.1) is 25.4 Å². The number of rotatable bonds is 74. The largest absolute Gasteiger partial charge is 0.466 e. The summed E-state index contributed by atoms with van der Waals surface area (Å²) in [7, 11) is 0. The number of unbranched alkanes of at least 4 members (excludes halogenated alkanes) is 57. The molecule has 0 rings (SSSR count). The van der Waals surface area contributed by atoms with Crippen LogP contribution in [0.3, 0.4) is 0 Å². The molecule has 1 amide bonds. The van der Waals surface area contributed by atoms with E-state index in [2.05, 4.69) is 55.6 Å². The third kappa shape index (κ3) is 72.8. The quantitative estimate of drug-likeness (QED) is 0.0320. The number of nitrogens with one attached hydrogen (secondary N) is 1. The molecule has 512 valence electrons. The van der Waals surface area contributed by atoms with Crippen molar-refractivity contribution in [1.82, 2.24) is 5.32 Å². The van der Waals surface area contributed by atoms with E-state index in [1.165, 1.54) is 353 Å². The number of hydrogen-bond donors (Lipinski definition) is 3. The molecule has 0 bridgehead atoms. The lowest BCUT2D eigenvalue weighted by Crippen LogP contribution is -2.45. The van der Waals surface area contributed by atoms with Crippen molar-refractivity contribution in [3.8, 4) is 0 Å². The minimum Gasteiger partial charge on any atom is -0.466 e. The Bertz CT molecular complexity index is 1450. The molecule has 0 aromatic carbocycles. The Labute approximate surface area is 544 Å². The van der Waals surface area contributed by atoms with E-state index in [-0.39, 0.29) is 18.5 Å². The fourth-order valence-electron chi connectivity index (χ4n) is 12.3. The molecule has 0 aliphatic heterocycles. The van der Waals surface area contributed by atoms with Gasteiger partial charge in [-0.05, 0) is 89.9 Å². The molecule has 0 saturated carbocycles. The first-order chi connectivity index (χ1) is 43.0. The second-order valence-corrected chi connectivity index (χ2v) is 27.0. The smallest absolute Gasteiger partial charge is 0.305 e. The maximum atomic E-state index is 12.6. The molecule has 0 aliphatic rings. The number of carbonyl (C=O) groups excluding carboxylic acids is 2. The lowest BCUT2D eigenvalue weighted by Gasteiger charge is -2.20. The van der Waals surface area contributed by atoms with Crippen molar-refractivity contribution in [3.05, 3.63) is 48.6 Å². The van der Waals surface area contributed by atoms with E-state index >= 15 is 0 Å². The first kappa shape index (κ1) is 84.8. The molecule has 0 spiro atoms. The van der Waals surface area contributed by atoms with E-state index in [0.717, 1.165) is 51.4 Å². The van der Waals surface area contributed by atoms with Crippen molar-refractivity contribution in [3.63, 3.8) is 0 Å². The molecule has 2 atom stereocenters. The first-order valence-electron chi connectivity index (χ1n) is 39.4. The molecule has 0 heterocycles. The Kier molecular flexibility index (Phi) is 74.4. The number of esters is 1. The summed E-state index contributed by atoms with van der Waals surface area (Å²) >= 11 is 0. The molecule has 0 radical (unpaired) electrons. The number of aliphatic hydroxyl groups excluding tert-OH is 2. The van der Waals surface area contributed by atoms with Gasteiger partial charge in [0.2, 0.25) is 5.91 Å². The zero-order valence-corrected chi connectivity index (χ0v) is 58.8. The molecule has 87 heavy (non-hydrogen) atoms. The van der Waals surface area contributed by atoms with Gasteiger partial charge in [0.15, 0.2) is 0 Å². The highest BCUT2D eigenvalue weighted by molar-refractivity contribution is 5.76. The van der Waals surface area contributed by atoms with E-state index in [1.807, 2.05) is 6.08 Å². The normalized spacial score (nSPS) is 12.7. The third-order valence-electron chi connectivity index (χ3n) is 18.3. The number of amides is 1. The Balaban J connectivity index is 3.43. The van der Waals surface area contributed by atoms with Crippen LogP contribution in [-0.4, -0.2) is 47.4 Å². The Morgan fingerprint density at radius 2 is 0.575 bits per heavy atom. The molecule has 3 N–H and O–H groups in total. The second kappa shape index (κ2) is 76.3. The van der Waals surface area contributed by atoms with E-state index < -0.39 is 12.1 Å². The zero-order chi connectivity index (χ0) is 62.8. The van der Waals surface area contributed by atoms with Crippen LogP contribution in [0.2, 0.25) is 0 Å². The van der Waals surface area contributed by atoms with Crippen LogP contribution in [0.25, 0.3) is 0 Å². The van der Waals surface area contributed by atoms with Crippen LogP contribution in [-0.2, 0) is 14.3 Å². The molecule has 0 aromatic rings. The highest BCUT2D eigenvalue weighted by Gasteiger charge is 2.18. The van der Waals surface area contributed by atoms with Crippen molar-refractivity contribution in [2.45, 2.75) is 443 Å². The predicted molar refractivity (Wildman–Crippen MR) is 384 cm³/mol. The summed E-state index contributed by atoms with van der Waals surface area (Å²) < 4.78 is 5.49. The molecule has 0 fully saturated rings. The van der Waals surface area contributed by atoms with Gasteiger partial charge in [-0.3, -0.25) is 9.59 Å². The average molecular weight is 1220 g/mol. The highest BCUT2D eigenvalue weighted by atomic mass is 16.5. The van der Waals surface area contributed by atoms with Gasteiger partial charge in [0.25, 0.3) is 0 Å². The van der Waals surface area contributed by atoms with Gasteiger partial charge < -0.3 is 20.3 Å². The van der Waals surface area contributed by atoms with Crippen LogP contribution in [0.4, 0.5) is 0 Å². The molecule has 6 nitrogen and oxygen atoms in total. The standard InChI is InChI=1S/C81H153NO5/c1-3-5-7-9-11-13-15-17-19-21-22-23-24-30-33-36-39-42-45-49-53-57-61-65-69-73-79(84)78(77-83)82-80(85)74-70-66-62-58-54-50-46-43-40-37-34-31-28-26-25-27-29-32-35-38-41-44-48-52-56-60-64-68-72-76-87-81(86)75-71-67-63-59-55-51-47-20-18-16-14-12-10-8-6-4-2/h20,25,27,32,35,47,69,73,78-79,83-84H,3-19,21-24,26,28-31,33-34,36-46,48-68,70-72,74-77H2,1-2H3,(H,82,85)/b27-25-,35-32-,47-20-,73-69+. The van der Waals surface area contributed by atoms with Crippen LogP contribution in [0.15, 0.2) is 48.6 Å². The predicted octanol–water partition coefficient (Wildman–Crippen LogP) is 26.0. The average Bonchev–Trinajstić information content (AvgIpc) is 3.52. The van der Waals surface area contributed by atoms with Crippen LogP contribution in [0, 0.1) is 0 Å². The third-order valence-corrected chi connectivity index (χ3v) is 18.3. The van der Waals surface area contributed by atoms with E-state index in [4.69, 9.17) is 4.74 Å². The summed E-state index contributed by atoms with van der Waals surface area (Å²) in [4.78, 5) is 24.6. The molecule has 0 saturated heterocycles. The van der Waals surface area contributed by atoms with Gasteiger partial charge >= 0.3 is 5.97 Å². The lowest BCUT2D eigenvalue weighted by molar-refractivity contribution is -0.143. The molecule has 0 aliphatic carbocycles. The highest BCUT2D eigenvalue weighted by Crippen LogP contribution is 2.19. The van der Waals surface area contributed by atoms with Crippen LogP contribution < -0.4 is 5.32 Å². The molecule has 2 unspecified atom stereocenters. The van der Waals surface area contributed by atoms with Crippen molar-refractivity contribution in [2.24, 2.45) is 0 Å². The number of ether oxygens (including phenoxy) is 1. The summed E-state index contributed by atoms with van der Waals surface area (Å²) in [5.41, 5.74) is 0. The van der Waals surface area contributed by atoms with Crippen molar-refractivity contribution in [2.75, 3.05) is 13.2 Å². The number of allylic oxidation sites excluding steroid dienone is 7. The summed E-state index contributed by atoms with van der Waals surface area (Å²) in [5.74, 6) is -0.0598. The van der Waals surface area contributed by atoms with E-state index in [9.17, 15) is 19.8 Å².